The second kappa shape index (κ2) is 10.4. The zero-order valence-corrected chi connectivity index (χ0v) is 15.9. The molecule has 2 rings (SSSR count). The molecule has 7 heteroatoms. The van der Waals surface area contributed by atoms with Gasteiger partial charge in [-0.05, 0) is 42.5 Å². The summed E-state index contributed by atoms with van der Waals surface area (Å²) in [5, 5.41) is 2.82. The third-order valence-electron chi connectivity index (χ3n) is 4.34. The number of carbonyl (C=O) groups excluding carboxylic acids is 2. The van der Waals surface area contributed by atoms with Crippen LogP contribution in [-0.2, 0) is 16.1 Å². The molecule has 1 aromatic heterocycles. The summed E-state index contributed by atoms with van der Waals surface area (Å²) in [6, 6.07) is 3.66. The van der Waals surface area contributed by atoms with E-state index in [-0.39, 0.29) is 11.8 Å². The van der Waals surface area contributed by atoms with Crippen molar-refractivity contribution in [2.24, 2.45) is 0 Å². The van der Waals surface area contributed by atoms with Crippen molar-refractivity contribution in [3.63, 3.8) is 0 Å². The molecule has 1 saturated heterocycles. The van der Waals surface area contributed by atoms with Crippen LogP contribution in [-0.4, -0.2) is 70.8 Å². The Hall–Kier alpha value is -1.60. The van der Waals surface area contributed by atoms with Crippen molar-refractivity contribution in [2.45, 2.75) is 32.4 Å². The molecule has 1 aromatic rings. The van der Waals surface area contributed by atoms with Crippen LogP contribution in [0.4, 0.5) is 0 Å². The quantitative estimate of drug-likeness (QED) is 0.792. The summed E-state index contributed by atoms with van der Waals surface area (Å²) in [5.41, 5.74) is 1.24. The number of hydrogen-bond donors (Lipinski definition) is 1. The van der Waals surface area contributed by atoms with Crippen LogP contribution >= 0.6 is 11.8 Å². The van der Waals surface area contributed by atoms with Gasteiger partial charge in [-0.1, -0.05) is 0 Å². The molecule has 0 aromatic carbocycles. The van der Waals surface area contributed by atoms with Gasteiger partial charge < -0.3 is 10.2 Å². The number of carbonyl (C=O) groups is 2. The van der Waals surface area contributed by atoms with Crippen LogP contribution in [0.15, 0.2) is 24.5 Å². The Bertz CT molecular complexity index is 555. The van der Waals surface area contributed by atoms with Crippen LogP contribution in [0.2, 0.25) is 0 Å². The van der Waals surface area contributed by atoms with Gasteiger partial charge in [0.15, 0.2) is 0 Å². The standard InChI is InChI=1S/C18H28N4O2S/c1-15(23)20-17(6-13-25-2)18(24)22-10-3-9-21(11-12-22)14-16-4-7-19-8-5-16/h4-5,7-8,17H,3,6,9-14H2,1-2H3,(H,20,23). The molecule has 138 valence electrons. The van der Waals surface area contributed by atoms with Gasteiger partial charge in [-0.2, -0.15) is 11.8 Å². The molecule has 2 heterocycles. The van der Waals surface area contributed by atoms with Crippen molar-refractivity contribution in [1.29, 1.82) is 0 Å². The Balaban J connectivity index is 1.91. The van der Waals surface area contributed by atoms with E-state index in [0.717, 1.165) is 38.4 Å². The lowest BCUT2D eigenvalue weighted by molar-refractivity contribution is -0.136. The first kappa shape index (κ1) is 19.7. The van der Waals surface area contributed by atoms with E-state index in [9.17, 15) is 9.59 Å². The second-order valence-corrected chi connectivity index (χ2v) is 7.33. The molecule has 6 nitrogen and oxygen atoms in total. The lowest BCUT2D eigenvalue weighted by Crippen LogP contribution is -2.49. The predicted octanol–water partition coefficient (Wildman–Crippen LogP) is 1.37. The number of nitrogens with one attached hydrogen (secondary N) is 1. The van der Waals surface area contributed by atoms with E-state index in [1.54, 1.807) is 11.8 Å². The Labute approximate surface area is 154 Å². The van der Waals surface area contributed by atoms with E-state index >= 15 is 0 Å². The highest BCUT2D eigenvalue weighted by Gasteiger charge is 2.26. The average molecular weight is 365 g/mol. The van der Waals surface area contributed by atoms with Crippen molar-refractivity contribution in [3.05, 3.63) is 30.1 Å². The molecule has 1 fully saturated rings. The molecule has 1 aliphatic rings. The highest BCUT2D eigenvalue weighted by atomic mass is 32.2. The second-order valence-electron chi connectivity index (χ2n) is 6.35. The van der Waals surface area contributed by atoms with E-state index in [0.29, 0.717) is 13.0 Å². The Morgan fingerprint density at radius 3 is 2.68 bits per heavy atom. The maximum atomic E-state index is 12.8. The van der Waals surface area contributed by atoms with Crippen LogP contribution in [0.5, 0.6) is 0 Å². The predicted molar refractivity (Wildman–Crippen MR) is 101 cm³/mol. The summed E-state index contributed by atoms with van der Waals surface area (Å²) in [4.78, 5) is 32.6. The van der Waals surface area contributed by atoms with Gasteiger partial charge in [0, 0.05) is 52.0 Å². The van der Waals surface area contributed by atoms with E-state index < -0.39 is 6.04 Å². The van der Waals surface area contributed by atoms with Crippen molar-refractivity contribution in [3.8, 4) is 0 Å². The molecule has 0 radical (unpaired) electrons. The molecular formula is C18H28N4O2S. The number of aromatic nitrogens is 1. The average Bonchev–Trinajstić information content (AvgIpc) is 2.84. The summed E-state index contributed by atoms with van der Waals surface area (Å²) < 4.78 is 0. The first-order valence-corrected chi connectivity index (χ1v) is 10.2. The number of nitrogens with zero attached hydrogens (tertiary/aromatic N) is 3. The molecule has 2 amide bonds. The molecular weight excluding hydrogens is 336 g/mol. The summed E-state index contributed by atoms with van der Waals surface area (Å²) >= 11 is 1.69. The molecule has 0 bridgehead atoms. The number of thioether (sulfide) groups is 1. The largest absolute Gasteiger partial charge is 0.345 e. The number of pyridine rings is 1. The van der Waals surface area contributed by atoms with Gasteiger partial charge in [0.1, 0.15) is 6.04 Å². The van der Waals surface area contributed by atoms with Gasteiger partial charge in [0.2, 0.25) is 11.8 Å². The minimum Gasteiger partial charge on any atom is -0.345 e. The maximum Gasteiger partial charge on any atom is 0.245 e. The van der Waals surface area contributed by atoms with E-state index in [4.69, 9.17) is 0 Å². The van der Waals surface area contributed by atoms with Crippen molar-refractivity contribution < 1.29 is 9.59 Å². The van der Waals surface area contributed by atoms with E-state index in [1.807, 2.05) is 35.7 Å². The Morgan fingerprint density at radius 1 is 1.24 bits per heavy atom. The molecule has 0 aliphatic carbocycles. The fraction of sp³-hybridized carbons (Fsp3) is 0.611. The monoisotopic (exact) mass is 364 g/mol. The minimum atomic E-state index is -0.406. The minimum absolute atomic E-state index is 0.0509. The third kappa shape index (κ3) is 6.66. The zero-order valence-electron chi connectivity index (χ0n) is 15.1. The van der Waals surface area contributed by atoms with Gasteiger partial charge in [-0.3, -0.25) is 19.5 Å². The first-order valence-electron chi connectivity index (χ1n) is 8.76. The van der Waals surface area contributed by atoms with Crippen LogP contribution in [0, 0.1) is 0 Å². The SMILES string of the molecule is CSCCC(NC(C)=O)C(=O)N1CCCN(Cc2ccncc2)CC1. The van der Waals surface area contributed by atoms with Crippen LogP contribution < -0.4 is 5.32 Å². The van der Waals surface area contributed by atoms with Crippen molar-refractivity contribution in [1.82, 2.24) is 20.1 Å². The van der Waals surface area contributed by atoms with Crippen LogP contribution in [0.25, 0.3) is 0 Å². The van der Waals surface area contributed by atoms with Crippen molar-refractivity contribution in [2.75, 3.05) is 38.2 Å². The van der Waals surface area contributed by atoms with Crippen LogP contribution in [0.3, 0.4) is 0 Å². The lowest BCUT2D eigenvalue weighted by atomic mass is 10.2. The summed E-state index contributed by atoms with van der Waals surface area (Å²) in [6.07, 6.45) is 7.26. The van der Waals surface area contributed by atoms with E-state index in [1.165, 1.54) is 12.5 Å². The Morgan fingerprint density at radius 2 is 2.00 bits per heavy atom. The highest BCUT2D eigenvalue weighted by molar-refractivity contribution is 7.98. The summed E-state index contributed by atoms with van der Waals surface area (Å²) in [7, 11) is 0. The fourth-order valence-electron chi connectivity index (χ4n) is 3.05. The van der Waals surface area contributed by atoms with Gasteiger partial charge >= 0.3 is 0 Å². The summed E-state index contributed by atoms with van der Waals surface area (Å²) in [6.45, 7) is 5.63. The smallest absolute Gasteiger partial charge is 0.245 e. The maximum absolute atomic E-state index is 12.8. The van der Waals surface area contributed by atoms with Gasteiger partial charge in [-0.25, -0.2) is 0 Å². The number of amides is 2. The molecule has 1 N–H and O–H groups in total. The Kier molecular flexibility index (Phi) is 8.21. The normalized spacial score (nSPS) is 17.0. The first-order chi connectivity index (χ1) is 12.1. The summed E-state index contributed by atoms with van der Waals surface area (Å²) in [5.74, 6) is 0.766. The van der Waals surface area contributed by atoms with Crippen molar-refractivity contribution >= 4 is 23.6 Å². The number of hydrogen-bond acceptors (Lipinski definition) is 5. The topological polar surface area (TPSA) is 65.5 Å². The fourth-order valence-corrected chi connectivity index (χ4v) is 3.53. The third-order valence-corrected chi connectivity index (χ3v) is 4.99. The highest BCUT2D eigenvalue weighted by Crippen LogP contribution is 2.11. The molecule has 0 saturated carbocycles. The molecule has 0 spiro atoms. The molecule has 1 unspecified atom stereocenters. The van der Waals surface area contributed by atoms with Gasteiger partial charge in [-0.15, -0.1) is 0 Å². The molecule has 25 heavy (non-hydrogen) atoms. The van der Waals surface area contributed by atoms with Gasteiger partial charge in [0.05, 0.1) is 0 Å². The number of rotatable bonds is 7. The molecule has 1 atom stereocenters. The lowest BCUT2D eigenvalue weighted by Gasteiger charge is -2.26. The van der Waals surface area contributed by atoms with Gasteiger partial charge in [0.25, 0.3) is 0 Å². The van der Waals surface area contributed by atoms with Crippen LogP contribution in [0.1, 0.15) is 25.3 Å². The van der Waals surface area contributed by atoms with E-state index in [2.05, 4.69) is 15.2 Å². The molecule has 1 aliphatic heterocycles. The zero-order chi connectivity index (χ0) is 18.1.